The lowest BCUT2D eigenvalue weighted by Gasteiger charge is -2.28. The molecule has 1 heterocycles. The third-order valence-corrected chi connectivity index (χ3v) is 5.11. The number of methoxy groups -OCH3 is 1. The molecule has 1 aliphatic rings. The molecule has 158 valence electrons. The molecular formula is C21H34ClN3O3. The van der Waals surface area contributed by atoms with Crippen LogP contribution in [0.25, 0.3) is 0 Å². The number of likely N-dealkylation sites (tertiary alicyclic amines) is 1. The summed E-state index contributed by atoms with van der Waals surface area (Å²) in [4.78, 5) is 27.4. The first-order chi connectivity index (χ1) is 13.0. The molecule has 0 aliphatic carbocycles. The number of amides is 2. The van der Waals surface area contributed by atoms with E-state index in [0.29, 0.717) is 13.1 Å². The number of benzene rings is 1. The Kier molecular flexibility index (Phi) is 10.3. The molecule has 0 spiro atoms. The van der Waals surface area contributed by atoms with Gasteiger partial charge in [0, 0.05) is 25.6 Å². The molecule has 6 nitrogen and oxygen atoms in total. The van der Waals surface area contributed by atoms with E-state index >= 15 is 0 Å². The summed E-state index contributed by atoms with van der Waals surface area (Å²) in [6, 6.07) is 7.68. The molecule has 2 unspecified atom stereocenters. The van der Waals surface area contributed by atoms with E-state index in [1.807, 2.05) is 43.0 Å². The number of hydrogen-bond acceptors (Lipinski definition) is 4. The fourth-order valence-electron chi connectivity index (χ4n) is 3.64. The van der Waals surface area contributed by atoms with Gasteiger partial charge in [0.25, 0.3) is 0 Å². The number of rotatable bonds is 10. The largest absolute Gasteiger partial charge is 0.497 e. The highest BCUT2D eigenvalue weighted by Gasteiger charge is 2.44. The van der Waals surface area contributed by atoms with Gasteiger partial charge in [0.15, 0.2) is 0 Å². The summed E-state index contributed by atoms with van der Waals surface area (Å²) in [6.07, 6.45) is 2.21. The molecule has 7 heteroatoms. The lowest BCUT2D eigenvalue weighted by molar-refractivity contribution is -0.129. The highest BCUT2D eigenvalue weighted by atomic mass is 35.5. The van der Waals surface area contributed by atoms with Crippen molar-refractivity contribution in [1.82, 2.24) is 15.5 Å². The third-order valence-electron chi connectivity index (χ3n) is 5.11. The van der Waals surface area contributed by atoms with Crippen LogP contribution >= 0.6 is 12.4 Å². The molecule has 1 fully saturated rings. The maximum atomic E-state index is 12.9. The van der Waals surface area contributed by atoms with Crippen LogP contribution in [0.2, 0.25) is 0 Å². The van der Waals surface area contributed by atoms with Crippen molar-refractivity contribution in [3.8, 4) is 5.75 Å². The Bertz CT molecular complexity index is 624. The van der Waals surface area contributed by atoms with Crippen molar-refractivity contribution in [2.75, 3.05) is 26.7 Å². The van der Waals surface area contributed by atoms with E-state index in [2.05, 4.69) is 17.6 Å². The zero-order valence-electron chi connectivity index (χ0n) is 17.4. The molecule has 1 aliphatic heterocycles. The van der Waals surface area contributed by atoms with Gasteiger partial charge < -0.3 is 20.3 Å². The summed E-state index contributed by atoms with van der Waals surface area (Å²) >= 11 is 0. The SMILES string of the molecule is CCCCN1C(=O)CC(C(=O)NC[C@@H](C)NCC)C1c1ccc(OC)cc1.Cl. The van der Waals surface area contributed by atoms with Crippen LogP contribution in [0, 0.1) is 5.92 Å². The lowest BCUT2D eigenvalue weighted by atomic mass is 9.92. The Balaban J connectivity index is 0.00000392. The van der Waals surface area contributed by atoms with Gasteiger partial charge in [-0.3, -0.25) is 9.59 Å². The molecule has 1 aromatic rings. The second kappa shape index (κ2) is 11.9. The number of nitrogens with one attached hydrogen (secondary N) is 2. The van der Waals surface area contributed by atoms with Gasteiger partial charge >= 0.3 is 0 Å². The average Bonchev–Trinajstić information content (AvgIpc) is 3.01. The molecule has 2 N–H and O–H groups in total. The van der Waals surface area contributed by atoms with E-state index in [-0.39, 0.29) is 48.6 Å². The van der Waals surface area contributed by atoms with E-state index in [0.717, 1.165) is 30.7 Å². The van der Waals surface area contributed by atoms with Crippen LogP contribution in [-0.4, -0.2) is 49.5 Å². The second-order valence-corrected chi connectivity index (χ2v) is 7.17. The first kappa shape index (κ1) is 24.2. The third kappa shape index (κ3) is 6.11. The maximum Gasteiger partial charge on any atom is 0.226 e. The summed E-state index contributed by atoms with van der Waals surface area (Å²) in [7, 11) is 1.63. The molecule has 2 rings (SSSR count). The van der Waals surface area contributed by atoms with Crippen molar-refractivity contribution in [2.45, 2.75) is 52.1 Å². The summed E-state index contributed by atoms with van der Waals surface area (Å²) in [5.74, 6) is 0.414. The van der Waals surface area contributed by atoms with Gasteiger partial charge in [-0.25, -0.2) is 0 Å². The topological polar surface area (TPSA) is 70.7 Å². The number of carbonyl (C=O) groups is 2. The molecular weight excluding hydrogens is 378 g/mol. The van der Waals surface area contributed by atoms with Gasteiger partial charge in [-0.05, 0) is 37.6 Å². The predicted molar refractivity (Wildman–Crippen MR) is 114 cm³/mol. The Labute approximate surface area is 174 Å². The number of carbonyl (C=O) groups excluding carboxylic acids is 2. The standard InChI is InChI=1S/C21H33N3O3.ClH/c1-5-7-12-24-19(25)13-18(21(26)23-14-15(3)22-6-2)20(24)16-8-10-17(27-4)11-9-16;/h8-11,15,18,20,22H,5-7,12-14H2,1-4H3,(H,23,26);1H/t15-,18?,20?;/m1./s1. The number of halogens is 1. The first-order valence-electron chi connectivity index (χ1n) is 9.96. The number of ether oxygens (including phenoxy) is 1. The summed E-state index contributed by atoms with van der Waals surface area (Å²) < 4.78 is 5.24. The Hall–Kier alpha value is -1.79. The number of unbranched alkanes of at least 4 members (excludes halogenated alkanes) is 1. The maximum absolute atomic E-state index is 12.9. The predicted octanol–water partition coefficient (Wildman–Crippen LogP) is 2.92. The van der Waals surface area contributed by atoms with Crippen LogP contribution < -0.4 is 15.4 Å². The van der Waals surface area contributed by atoms with E-state index in [9.17, 15) is 9.59 Å². The summed E-state index contributed by atoms with van der Waals surface area (Å²) in [5, 5.41) is 6.31. The van der Waals surface area contributed by atoms with Crippen molar-refractivity contribution in [1.29, 1.82) is 0 Å². The van der Waals surface area contributed by atoms with Gasteiger partial charge in [0.1, 0.15) is 5.75 Å². The monoisotopic (exact) mass is 411 g/mol. The van der Waals surface area contributed by atoms with Crippen LogP contribution in [0.5, 0.6) is 5.75 Å². The van der Waals surface area contributed by atoms with Crippen molar-refractivity contribution < 1.29 is 14.3 Å². The average molecular weight is 412 g/mol. The molecule has 0 saturated carbocycles. The normalized spacial score (nSPS) is 19.9. The Morgan fingerprint density at radius 3 is 2.54 bits per heavy atom. The number of nitrogens with zero attached hydrogens (tertiary/aromatic N) is 1. The lowest BCUT2D eigenvalue weighted by Crippen LogP contribution is -2.42. The summed E-state index contributed by atoms with van der Waals surface area (Å²) in [6.45, 7) is 8.29. The van der Waals surface area contributed by atoms with Crippen LogP contribution in [-0.2, 0) is 9.59 Å². The van der Waals surface area contributed by atoms with Crippen LogP contribution in [0.1, 0.15) is 51.6 Å². The van der Waals surface area contributed by atoms with Crippen molar-refractivity contribution in [3.05, 3.63) is 29.8 Å². The number of likely N-dealkylation sites (N-methyl/N-ethyl adjacent to an activating group) is 1. The minimum Gasteiger partial charge on any atom is -0.497 e. The molecule has 2 amide bonds. The van der Waals surface area contributed by atoms with Crippen LogP contribution in [0.3, 0.4) is 0 Å². The zero-order chi connectivity index (χ0) is 19.8. The van der Waals surface area contributed by atoms with E-state index in [1.54, 1.807) is 7.11 Å². The van der Waals surface area contributed by atoms with E-state index < -0.39 is 0 Å². The fourth-order valence-corrected chi connectivity index (χ4v) is 3.64. The smallest absolute Gasteiger partial charge is 0.226 e. The first-order valence-corrected chi connectivity index (χ1v) is 9.96. The van der Waals surface area contributed by atoms with Gasteiger partial charge in [0.05, 0.1) is 19.1 Å². The molecule has 0 radical (unpaired) electrons. The van der Waals surface area contributed by atoms with Crippen molar-refractivity contribution >= 4 is 24.2 Å². The van der Waals surface area contributed by atoms with Gasteiger partial charge in [-0.1, -0.05) is 32.4 Å². The van der Waals surface area contributed by atoms with Crippen LogP contribution in [0.4, 0.5) is 0 Å². The molecule has 0 aromatic heterocycles. The Morgan fingerprint density at radius 2 is 1.96 bits per heavy atom. The molecule has 3 atom stereocenters. The van der Waals surface area contributed by atoms with Crippen molar-refractivity contribution in [3.63, 3.8) is 0 Å². The quantitative estimate of drug-likeness (QED) is 0.621. The van der Waals surface area contributed by atoms with Gasteiger partial charge in [0.2, 0.25) is 11.8 Å². The minimum atomic E-state index is -0.364. The van der Waals surface area contributed by atoms with E-state index in [4.69, 9.17) is 4.74 Å². The summed E-state index contributed by atoms with van der Waals surface area (Å²) in [5.41, 5.74) is 0.984. The van der Waals surface area contributed by atoms with Gasteiger partial charge in [-0.2, -0.15) is 0 Å². The second-order valence-electron chi connectivity index (χ2n) is 7.17. The van der Waals surface area contributed by atoms with Crippen LogP contribution in [0.15, 0.2) is 24.3 Å². The highest BCUT2D eigenvalue weighted by Crippen LogP contribution is 2.39. The molecule has 1 saturated heterocycles. The molecule has 28 heavy (non-hydrogen) atoms. The minimum absolute atomic E-state index is 0. The zero-order valence-corrected chi connectivity index (χ0v) is 18.2. The van der Waals surface area contributed by atoms with E-state index in [1.165, 1.54) is 0 Å². The molecule has 1 aromatic carbocycles. The van der Waals surface area contributed by atoms with Gasteiger partial charge in [-0.15, -0.1) is 12.4 Å². The number of hydrogen-bond donors (Lipinski definition) is 2. The molecule has 0 bridgehead atoms. The van der Waals surface area contributed by atoms with Crippen molar-refractivity contribution in [2.24, 2.45) is 5.92 Å². The Morgan fingerprint density at radius 1 is 1.29 bits per heavy atom. The fraction of sp³-hybridized carbons (Fsp3) is 0.619. The highest BCUT2D eigenvalue weighted by molar-refractivity contribution is 5.90.